The van der Waals surface area contributed by atoms with Gasteiger partial charge >= 0.3 is 0 Å². The fourth-order valence-corrected chi connectivity index (χ4v) is 1.04. The minimum Gasteiger partial charge on any atom is -0.478 e. The summed E-state index contributed by atoms with van der Waals surface area (Å²) in [4.78, 5) is 0. The van der Waals surface area contributed by atoms with E-state index < -0.39 is 5.82 Å². The van der Waals surface area contributed by atoms with Gasteiger partial charge in [0.2, 0.25) is 0 Å². The zero-order chi connectivity index (χ0) is 10.6. The molecule has 0 aliphatic rings. The first-order valence-corrected chi connectivity index (χ1v) is 4.26. The number of ether oxygens (including phenoxy) is 1. The van der Waals surface area contributed by atoms with Crippen molar-refractivity contribution in [3.8, 4) is 18.1 Å². The first kappa shape index (κ1) is 10.6. The monoisotopic (exact) mass is 193 g/mol. The fourth-order valence-electron chi connectivity index (χ4n) is 1.04. The van der Waals surface area contributed by atoms with E-state index in [4.69, 9.17) is 16.9 Å². The summed E-state index contributed by atoms with van der Waals surface area (Å²) in [6.07, 6.45) is 4.99. The van der Waals surface area contributed by atoms with Crippen LogP contribution in [-0.4, -0.2) is 6.61 Å². The SMILES string of the molecule is C#CCOc1ccc([C@H](C)N)cc1F. The smallest absolute Gasteiger partial charge is 0.165 e. The second kappa shape index (κ2) is 4.64. The Morgan fingerprint density at radius 2 is 2.36 bits per heavy atom. The molecule has 1 rings (SSSR count). The minimum atomic E-state index is -0.435. The highest BCUT2D eigenvalue weighted by atomic mass is 19.1. The second-order valence-electron chi connectivity index (χ2n) is 2.97. The van der Waals surface area contributed by atoms with Gasteiger partial charge in [0.05, 0.1) is 0 Å². The molecule has 0 saturated carbocycles. The molecule has 14 heavy (non-hydrogen) atoms. The number of benzene rings is 1. The van der Waals surface area contributed by atoms with Crippen LogP contribution in [0.1, 0.15) is 18.5 Å². The first-order chi connectivity index (χ1) is 6.65. The Morgan fingerprint density at radius 3 is 2.86 bits per heavy atom. The van der Waals surface area contributed by atoms with Crippen molar-refractivity contribution in [1.82, 2.24) is 0 Å². The molecule has 74 valence electrons. The lowest BCUT2D eigenvalue weighted by Gasteiger charge is -2.08. The highest BCUT2D eigenvalue weighted by Gasteiger charge is 2.06. The van der Waals surface area contributed by atoms with Crippen molar-refractivity contribution in [3.05, 3.63) is 29.6 Å². The predicted molar refractivity (Wildman–Crippen MR) is 53.3 cm³/mol. The molecule has 0 amide bonds. The van der Waals surface area contributed by atoms with E-state index >= 15 is 0 Å². The molecule has 1 aromatic carbocycles. The largest absolute Gasteiger partial charge is 0.478 e. The van der Waals surface area contributed by atoms with Gasteiger partial charge in [0, 0.05) is 6.04 Å². The average Bonchev–Trinajstić information content (AvgIpc) is 2.15. The zero-order valence-corrected chi connectivity index (χ0v) is 7.96. The maximum atomic E-state index is 13.3. The highest BCUT2D eigenvalue weighted by molar-refractivity contribution is 5.30. The molecule has 0 aliphatic carbocycles. The van der Waals surface area contributed by atoms with Crippen molar-refractivity contribution in [3.63, 3.8) is 0 Å². The molecule has 1 aromatic rings. The van der Waals surface area contributed by atoms with Gasteiger partial charge in [0.15, 0.2) is 11.6 Å². The number of terminal acetylenes is 1. The van der Waals surface area contributed by atoms with E-state index in [-0.39, 0.29) is 18.4 Å². The molecule has 0 spiro atoms. The van der Waals surface area contributed by atoms with Crippen LogP contribution in [0.3, 0.4) is 0 Å². The molecule has 0 bridgehead atoms. The van der Waals surface area contributed by atoms with Crippen molar-refractivity contribution in [2.45, 2.75) is 13.0 Å². The van der Waals surface area contributed by atoms with Gasteiger partial charge in [-0.1, -0.05) is 12.0 Å². The fraction of sp³-hybridized carbons (Fsp3) is 0.273. The van der Waals surface area contributed by atoms with Gasteiger partial charge in [-0.2, -0.15) is 0 Å². The van der Waals surface area contributed by atoms with Crippen LogP contribution in [-0.2, 0) is 0 Å². The van der Waals surface area contributed by atoms with Crippen LogP contribution < -0.4 is 10.5 Å². The summed E-state index contributed by atoms with van der Waals surface area (Å²) in [6.45, 7) is 1.85. The quantitative estimate of drug-likeness (QED) is 0.743. The summed E-state index contributed by atoms with van der Waals surface area (Å²) in [7, 11) is 0. The average molecular weight is 193 g/mol. The molecule has 2 nitrogen and oxygen atoms in total. The van der Waals surface area contributed by atoms with Crippen molar-refractivity contribution in [1.29, 1.82) is 0 Å². The van der Waals surface area contributed by atoms with Gasteiger partial charge < -0.3 is 10.5 Å². The van der Waals surface area contributed by atoms with Crippen molar-refractivity contribution >= 4 is 0 Å². The summed E-state index contributed by atoms with van der Waals surface area (Å²) in [5.74, 6) is 1.99. The van der Waals surface area contributed by atoms with Crippen LogP contribution in [0.5, 0.6) is 5.75 Å². The minimum absolute atomic E-state index is 0.0639. The van der Waals surface area contributed by atoms with E-state index in [1.54, 1.807) is 13.0 Å². The van der Waals surface area contributed by atoms with Gasteiger partial charge in [-0.05, 0) is 24.6 Å². The molecular formula is C11H12FNO. The third kappa shape index (κ3) is 2.48. The second-order valence-corrected chi connectivity index (χ2v) is 2.97. The summed E-state index contributed by atoms with van der Waals surface area (Å²) in [5.41, 5.74) is 6.32. The zero-order valence-electron chi connectivity index (χ0n) is 7.96. The summed E-state index contributed by atoms with van der Waals surface area (Å²) >= 11 is 0. The Balaban J connectivity index is 2.85. The number of hydrogen-bond acceptors (Lipinski definition) is 2. The van der Waals surface area contributed by atoms with E-state index in [0.29, 0.717) is 0 Å². The number of nitrogens with two attached hydrogens (primary N) is 1. The Morgan fingerprint density at radius 1 is 1.64 bits per heavy atom. The van der Waals surface area contributed by atoms with Gasteiger partial charge in [-0.3, -0.25) is 0 Å². The first-order valence-electron chi connectivity index (χ1n) is 4.26. The third-order valence-electron chi connectivity index (χ3n) is 1.79. The molecule has 0 aliphatic heterocycles. The predicted octanol–water partition coefficient (Wildman–Crippen LogP) is 1.86. The molecular weight excluding hydrogens is 181 g/mol. The summed E-state index contributed by atoms with van der Waals surface area (Å²) in [6, 6.07) is 4.42. The van der Waals surface area contributed by atoms with E-state index in [9.17, 15) is 4.39 Å². The molecule has 2 N–H and O–H groups in total. The lowest BCUT2D eigenvalue weighted by molar-refractivity contribution is 0.348. The molecule has 3 heteroatoms. The summed E-state index contributed by atoms with van der Waals surface area (Å²) in [5, 5.41) is 0. The maximum Gasteiger partial charge on any atom is 0.165 e. The molecule has 0 unspecified atom stereocenters. The molecule has 0 radical (unpaired) electrons. The van der Waals surface area contributed by atoms with Crippen LogP contribution in [0.4, 0.5) is 4.39 Å². The number of halogens is 1. The molecule has 0 heterocycles. The van der Waals surface area contributed by atoms with Gasteiger partial charge in [-0.25, -0.2) is 4.39 Å². The Kier molecular flexibility index (Phi) is 3.49. The molecule has 1 atom stereocenters. The van der Waals surface area contributed by atoms with Crippen LogP contribution in [0.25, 0.3) is 0 Å². The Bertz CT molecular complexity index is 355. The van der Waals surface area contributed by atoms with E-state index in [1.165, 1.54) is 12.1 Å². The topological polar surface area (TPSA) is 35.2 Å². The van der Waals surface area contributed by atoms with Gasteiger partial charge in [0.25, 0.3) is 0 Å². The maximum absolute atomic E-state index is 13.3. The van der Waals surface area contributed by atoms with Crippen LogP contribution in [0.2, 0.25) is 0 Å². The van der Waals surface area contributed by atoms with Crippen LogP contribution >= 0.6 is 0 Å². The van der Waals surface area contributed by atoms with Crippen molar-refractivity contribution in [2.24, 2.45) is 5.73 Å². The van der Waals surface area contributed by atoms with Crippen molar-refractivity contribution < 1.29 is 9.13 Å². The molecule has 0 fully saturated rings. The van der Waals surface area contributed by atoms with E-state index in [1.807, 2.05) is 0 Å². The highest BCUT2D eigenvalue weighted by Crippen LogP contribution is 2.20. The molecule has 0 aromatic heterocycles. The number of hydrogen-bond donors (Lipinski definition) is 1. The number of rotatable bonds is 3. The third-order valence-corrected chi connectivity index (χ3v) is 1.79. The van der Waals surface area contributed by atoms with Crippen molar-refractivity contribution in [2.75, 3.05) is 6.61 Å². The Labute approximate surface area is 82.9 Å². The van der Waals surface area contributed by atoms with Crippen LogP contribution in [0.15, 0.2) is 18.2 Å². The summed E-state index contributed by atoms with van der Waals surface area (Å²) < 4.78 is 18.3. The lowest BCUT2D eigenvalue weighted by Crippen LogP contribution is -2.06. The lowest BCUT2D eigenvalue weighted by atomic mass is 10.1. The van der Waals surface area contributed by atoms with Gasteiger partial charge in [-0.15, -0.1) is 6.42 Å². The molecule has 0 saturated heterocycles. The van der Waals surface area contributed by atoms with E-state index in [0.717, 1.165) is 5.56 Å². The van der Waals surface area contributed by atoms with Gasteiger partial charge in [0.1, 0.15) is 6.61 Å². The van der Waals surface area contributed by atoms with E-state index in [2.05, 4.69) is 5.92 Å². The Hall–Kier alpha value is -1.53. The normalized spacial score (nSPS) is 11.9. The standard InChI is InChI=1S/C11H12FNO/c1-3-6-14-11-5-4-9(8(2)13)7-10(11)12/h1,4-5,7-8H,6,13H2,2H3/t8-/m0/s1. The van der Waals surface area contributed by atoms with Crippen LogP contribution in [0, 0.1) is 18.2 Å².